The van der Waals surface area contributed by atoms with Gasteiger partial charge in [-0.2, -0.15) is 0 Å². The van der Waals surface area contributed by atoms with E-state index in [1.54, 1.807) is 0 Å². The van der Waals surface area contributed by atoms with Gasteiger partial charge in [0.15, 0.2) is 11.6 Å². The Bertz CT molecular complexity index is 643. The van der Waals surface area contributed by atoms with Gasteiger partial charge in [0.05, 0.1) is 6.54 Å². The first-order valence-corrected chi connectivity index (χ1v) is 9.41. The minimum atomic E-state index is -0.755. The number of nitrogens with one attached hydrogen (secondary N) is 1. The van der Waals surface area contributed by atoms with Crippen molar-refractivity contribution in [3.63, 3.8) is 0 Å². The van der Waals surface area contributed by atoms with E-state index in [9.17, 15) is 13.6 Å². The number of carbonyl (C=O) groups is 1. The molecule has 1 fully saturated rings. The fourth-order valence-corrected chi connectivity index (χ4v) is 3.30. The van der Waals surface area contributed by atoms with E-state index in [1.807, 2.05) is 0 Å². The number of halogens is 2. The zero-order valence-corrected chi connectivity index (χ0v) is 15.3. The molecule has 0 unspecified atom stereocenters. The molecule has 0 atom stereocenters. The van der Waals surface area contributed by atoms with Crippen LogP contribution in [0.5, 0.6) is 5.75 Å². The predicted molar refractivity (Wildman–Crippen MR) is 97.6 cm³/mol. The van der Waals surface area contributed by atoms with E-state index in [0.717, 1.165) is 43.7 Å². The van der Waals surface area contributed by atoms with Crippen LogP contribution >= 0.6 is 0 Å². The SMILES string of the molecule is CCCCC1CCC(C(=O)NCC#CCOc2ccc(F)cc2F)CC1. The maximum Gasteiger partial charge on any atom is 0.223 e. The van der Waals surface area contributed by atoms with Crippen LogP contribution in [-0.2, 0) is 4.79 Å². The quantitative estimate of drug-likeness (QED) is 0.727. The minimum Gasteiger partial charge on any atom is -0.478 e. The molecule has 3 nitrogen and oxygen atoms in total. The Labute approximate surface area is 154 Å². The first-order valence-electron chi connectivity index (χ1n) is 9.41. The van der Waals surface area contributed by atoms with E-state index in [2.05, 4.69) is 24.1 Å². The van der Waals surface area contributed by atoms with Crippen LogP contribution in [0.25, 0.3) is 0 Å². The zero-order chi connectivity index (χ0) is 18.8. The van der Waals surface area contributed by atoms with Crippen molar-refractivity contribution in [3.05, 3.63) is 29.8 Å². The first kappa shape index (κ1) is 20.2. The number of benzene rings is 1. The average Bonchev–Trinajstić information content (AvgIpc) is 2.64. The molecule has 2 rings (SSSR count). The summed E-state index contributed by atoms with van der Waals surface area (Å²) in [7, 11) is 0. The van der Waals surface area contributed by atoms with Crippen molar-refractivity contribution in [2.45, 2.75) is 51.9 Å². The Morgan fingerprint density at radius 3 is 2.69 bits per heavy atom. The van der Waals surface area contributed by atoms with E-state index in [-0.39, 0.29) is 30.7 Å². The number of rotatable bonds is 7. The second-order valence-electron chi connectivity index (χ2n) is 6.79. The summed E-state index contributed by atoms with van der Waals surface area (Å²) in [4.78, 5) is 12.2. The van der Waals surface area contributed by atoms with Crippen LogP contribution < -0.4 is 10.1 Å². The van der Waals surface area contributed by atoms with Gasteiger partial charge in [0.1, 0.15) is 12.4 Å². The molecule has 142 valence electrons. The highest BCUT2D eigenvalue weighted by atomic mass is 19.1. The lowest BCUT2D eigenvalue weighted by molar-refractivity contribution is -0.125. The lowest BCUT2D eigenvalue weighted by Crippen LogP contribution is -2.33. The molecular formula is C21H27F2NO2. The van der Waals surface area contributed by atoms with Crippen LogP contribution in [0.4, 0.5) is 8.78 Å². The van der Waals surface area contributed by atoms with Gasteiger partial charge in [0, 0.05) is 12.0 Å². The average molecular weight is 363 g/mol. The summed E-state index contributed by atoms with van der Waals surface area (Å²) in [6.45, 7) is 2.45. The molecule has 1 aromatic carbocycles. The Balaban J connectivity index is 1.62. The van der Waals surface area contributed by atoms with E-state index < -0.39 is 11.6 Å². The molecule has 1 aliphatic rings. The minimum absolute atomic E-state index is 0.0129. The third-order valence-electron chi connectivity index (χ3n) is 4.85. The monoisotopic (exact) mass is 363 g/mol. The lowest BCUT2D eigenvalue weighted by Gasteiger charge is -2.27. The fraction of sp³-hybridized carbons (Fsp3) is 0.571. The van der Waals surface area contributed by atoms with Crippen LogP contribution in [0.3, 0.4) is 0 Å². The van der Waals surface area contributed by atoms with Gasteiger partial charge in [-0.15, -0.1) is 0 Å². The highest BCUT2D eigenvalue weighted by molar-refractivity contribution is 5.78. The summed E-state index contributed by atoms with van der Waals surface area (Å²) in [5.74, 6) is 5.01. The molecule has 0 saturated heterocycles. The molecule has 5 heteroatoms. The van der Waals surface area contributed by atoms with Gasteiger partial charge in [0.25, 0.3) is 0 Å². The highest BCUT2D eigenvalue weighted by Gasteiger charge is 2.25. The van der Waals surface area contributed by atoms with Gasteiger partial charge in [-0.3, -0.25) is 4.79 Å². The topological polar surface area (TPSA) is 38.3 Å². The van der Waals surface area contributed by atoms with Crippen molar-refractivity contribution in [3.8, 4) is 17.6 Å². The smallest absolute Gasteiger partial charge is 0.223 e. The number of amides is 1. The lowest BCUT2D eigenvalue weighted by atomic mass is 9.79. The summed E-state index contributed by atoms with van der Waals surface area (Å²) >= 11 is 0. The van der Waals surface area contributed by atoms with E-state index in [0.29, 0.717) is 0 Å². The Morgan fingerprint density at radius 1 is 1.23 bits per heavy atom. The highest BCUT2D eigenvalue weighted by Crippen LogP contribution is 2.31. The van der Waals surface area contributed by atoms with Gasteiger partial charge in [-0.05, 0) is 43.7 Å². The second kappa shape index (κ2) is 10.8. The standard InChI is InChI=1S/C21H27F2NO2/c1-2-3-6-16-7-9-17(10-8-16)21(25)24-13-4-5-14-26-20-12-11-18(22)15-19(20)23/h11-12,15-17H,2-3,6-10,13-14H2,1H3,(H,24,25). The number of ether oxygens (including phenoxy) is 1. The summed E-state index contributed by atoms with van der Waals surface area (Å²) in [5, 5.41) is 2.84. The Morgan fingerprint density at radius 2 is 2.00 bits per heavy atom. The molecule has 0 aromatic heterocycles. The van der Waals surface area contributed by atoms with Crippen LogP contribution in [-0.4, -0.2) is 19.1 Å². The molecule has 0 spiro atoms. The van der Waals surface area contributed by atoms with Crippen LogP contribution in [0.15, 0.2) is 18.2 Å². The Hall–Kier alpha value is -2.09. The molecule has 1 amide bonds. The van der Waals surface area contributed by atoms with E-state index >= 15 is 0 Å². The van der Waals surface area contributed by atoms with Crippen LogP contribution in [0.2, 0.25) is 0 Å². The van der Waals surface area contributed by atoms with Gasteiger partial charge in [-0.25, -0.2) is 8.78 Å². The normalized spacial score (nSPS) is 19.3. The van der Waals surface area contributed by atoms with Gasteiger partial charge in [0.2, 0.25) is 5.91 Å². The van der Waals surface area contributed by atoms with Crippen LogP contribution in [0.1, 0.15) is 51.9 Å². The maximum absolute atomic E-state index is 13.4. The third kappa shape index (κ3) is 6.67. The third-order valence-corrected chi connectivity index (χ3v) is 4.85. The molecule has 1 N–H and O–H groups in total. The molecule has 1 aromatic rings. The molecule has 26 heavy (non-hydrogen) atoms. The second-order valence-corrected chi connectivity index (χ2v) is 6.79. The Kier molecular flexibility index (Phi) is 8.40. The summed E-state index contributed by atoms with van der Waals surface area (Å²) in [6, 6.07) is 3.12. The maximum atomic E-state index is 13.4. The molecule has 0 radical (unpaired) electrons. The van der Waals surface area contributed by atoms with Crippen molar-refractivity contribution in [1.82, 2.24) is 5.32 Å². The number of hydrogen-bond acceptors (Lipinski definition) is 2. The van der Waals surface area contributed by atoms with Crippen molar-refractivity contribution in [1.29, 1.82) is 0 Å². The molecule has 0 bridgehead atoms. The van der Waals surface area contributed by atoms with E-state index in [1.165, 1.54) is 25.3 Å². The van der Waals surface area contributed by atoms with E-state index in [4.69, 9.17) is 4.74 Å². The van der Waals surface area contributed by atoms with Crippen molar-refractivity contribution < 1.29 is 18.3 Å². The molecular weight excluding hydrogens is 336 g/mol. The largest absolute Gasteiger partial charge is 0.478 e. The number of unbranched alkanes of at least 4 members (excludes halogenated alkanes) is 1. The van der Waals surface area contributed by atoms with Gasteiger partial charge in [-0.1, -0.05) is 38.0 Å². The van der Waals surface area contributed by atoms with Gasteiger partial charge < -0.3 is 10.1 Å². The molecule has 1 aliphatic carbocycles. The van der Waals surface area contributed by atoms with Crippen molar-refractivity contribution in [2.24, 2.45) is 11.8 Å². The number of hydrogen-bond donors (Lipinski definition) is 1. The zero-order valence-electron chi connectivity index (χ0n) is 15.3. The summed E-state index contributed by atoms with van der Waals surface area (Å²) < 4.78 is 31.3. The summed E-state index contributed by atoms with van der Waals surface area (Å²) in [6.07, 6.45) is 7.99. The summed E-state index contributed by atoms with van der Waals surface area (Å²) in [5.41, 5.74) is 0. The van der Waals surface area contributed by atoms with Crippen LogP contribution in [0, 0.1) is 35.3 Å². The fourth-order valence-electron chi connectivity index (χ4n) is 3.30. The van der Waals surface area contributed by atoms with Crippen molar-refractivity contribution in [2.75, 3.05) is 13.2 Å². The molecule has 0 heterocycles. The number of carbonyl (C=O) groups excluding carboxylic acids is 1. The van der Waals surface area contributed by atoms with Gasteiger partial charge >= 0.3 is 0 Å². The first-order chi connectivity index (χ1) is 12.6. The molecule has 0 aliphatic heterocycles. The molecule has 1 saturated carbocycles. The van der Waals surface area contributed by atoms with Crippen molar-refractivity contribution >= 4 is 5.91 Å². The predicted octanol–water partition coefficient (Wildman–Crippen LogP) is 4.46.